The Hall–Kier alpha value is -2.41. The molecule has 8 heteroatoms. The molecule has 0 spiro atoms. The van der Waals surface area contributed by atoms with E-state index in [4.69, 9.17) is 28.2 Å². The van der Waals surface area contributed by atoms with Crippen molar-refractivity contribution in [3.05, 3.63) is 74.8 Å². The number of β-amino-alcohol motifs (C(OH)–C–C–N with tert-alkyl or cyclic N) is 1. The third kappa shape index (κ3) is 3.95. The van der Waals surface area contributed by atoms with E-state index in [1.165, 1.54) is 0 Å². The minimum Gasteiger partial charge on any atom is -0.387 e. The predicted molar refractivity (Wildman–Crippen MR) is 119 cm³/mol. The maximum Gasteiger partial charge on any atom is 0.255 e. The third-order valence-corrected chi connectivity index (χ3v) is 6.31. The first-order valence-corrected chi connectivity index (χ1v) is 10.4. The average Bonchev–Trinajstić information content (AvgIpc) is 2.72. The molecule has 0 aliphatic carbocycles. The van der Waals surface area contributed by atoms with Crippen LogP contribution in [0.2, 0.25) is 10.0 Å². The van der Waals surface area contributed by atoms with Gasteiger partial charge in [-0.1, -0.05) is 29.3 Å². The SMILES string of the molecule is CC1(C)CCn2c(nc(-c3ccncc3)cc2=O)N1C[C@H](O)c1ccc(Cl)c(Cl)c1. The normalized spacial score (nSPS) is 16.2. The molecule has 1 aliphatic rings. The number of nitrogens with zero attached hydrogens (tertiary/aromatic N) is 4. The van der Waals surface area contributed by atoms with Crippen LogP contribution in [0.3, 0.4) is 0 Å². The van der Waals surface area contributed by atoms with Crippen LogP contribution in [0.15, 0.2) is 53.6 Å². The summed E-state index contributed by atoms with van der Waals surface area (Å²) in [5.74, 6) is 0.546. The summed E-state index contributed by atoms with van der Waals surface area (Å²) in [5.41, 5.74) is 1.65. The fraction of sp³-hybridized carbons (Fsp3) is 0.318. The van der Waals surface area contributed by atoms with Crippen molar-refractivity contribution in [3.63, 3.8) is 0 Å². The van der Waals surface area contributed by atoms with Crippen molar-refractivity contribution in [3.8, 4) is 11.3 Å². The Morgan fingerprint density at radius 1 is 1.13 bits per heavy atom. The Balaban J connectivity index is 1.75. The minimum absolute atomic E-state index is 0.115. The quantitative estimate of drug-likeness (QED) is 0.647. The Bertz CT molecular complexity index is 1130. The lowest BCUT2D eigenvalue weighted by Gasteiger charge is -2.45. The van der Waals surface area contributed by atoms with Gasteiger partial charge >= 0.3 is 0 Å². The second-order valence-corrected chi connectivity index (χ2v) is 8.84. The van der Waals surface area contributed by atoms with Crippen molar-refractivity contribution in [2.24, 2.45) is 0 Å². The maximum atomic E-state index is 12.8. The Morgan fingerprint density at radius 2 is 1.87 bits per heavy atom. The van der Waals surface area contributed by atoms with Gasteiger partial charge in [-0.05, 0) is 50.1 Å². The van der Waals surface area contributed by atoms with Gasteiger partial charge in [-0.15, -0.1) is 0 Å². The molecular weight excluding hydrogens is 423 g/mol. The summed E-state index contributed by atoms with van der Waals surface area (Å²) in [5, 5.41) is 11.8. The summed E-state index contributed by atoms with van der Waals surface area (Å²) in [7, 11) is 0. The zero-order valence-electron chi connectivity index (χ0n) is 16.7. The van der Waals surface area contributed by atoms with Gasteiger partial charge in [0.05, 0.1) is 28.4 Å². The monoisotopic (exact) mass is 444 g/mol. The molecule has 1 N–H and O–H groups in total. The number of fused-ring (bicyclic) bond motifs is 1. The van der Waals surface area contributed by atoms with Crippen LogP contribution in [0.1, 0.15) is 31.9 Å². The highest BCUT2D eigenvalue weighted by Gasteiger charge is 2.36. The Kier molecular flexibility index (Phi) is 5.57. The average molecular weight is 445 g/mol. The molecule has 6 nitrogen and oxygen atoms in total. The molecule has 1 aromatic carbocycles. The molecule has 156 valence electrons. The number of halogens is 2. The first-order chi connectivity index (χ1) is 14.3. The summed E-state index contributed by atoms with van der Waals surface area (Å²) in [6.45, 7) is 5.01. The van der Waals surface area contributed by atoms with Gasteiger partial charge in [0.1, 0.15) is 0 Å². The number of pyridine rings is 1. The van der Waals surface area contributed by atoms with Crippen molar-refractivity contribution >= 4 is 29.2 Å². The Morgan fingerprint density at radius 3 is 2.57 bits per heavy atom. The van der Waals surface area contributed by atoms with Crippen LogP contribution in [-0.4, -0.2) is 31.7 Å². The molecule has 0 unspecified atom stereocenters. The first-order valence-electron chi connectivity index (χ1n) is 9.69. The summed E-state index contributed by atoms with van der Waals surface area (Å²) in [6, 6.07) is 10.3. The van der Waals surface area contributed by atoms with Gasteiger partial charge in [0.15, 0.2) is 0 Å². The number of benzene rings is 1. The lowest BCUT2D eigenvalue weighted by Crippen LogP contribution is -2.53. The summed E-state index contributed by atoms with van der Waals surface area (Å²) >= 11 is 12.1. The van der Waals surface area contributed by atoms with Gasteiger partial charge in [0, 0.05) is 36.1 Å². The van der Waals surface area contributed by atoms with Crippen LogP contribution in [0.25, 0.3) is 11.3 Å². The van der Waals surface area contributed by atoms with Crippen molar-refractivity contribution in [2.75, 3.05) is 11.4 Å². The van der Waals surface area contributed by atoms with E-state index in [-0.39, 0.29) is 17.6 Å². The molecule has 0 amide bonds. The molecule has 3 heterocycles. The highest BCUT2D eigenvalue weighted by atomic mass is 35.5. The van der Waals surface area contributed by atoms with Crippen molar-refractivity contribution in [1.82, 2.24) is 14.5 Å². The van der Waals surface area contributed by atoms with E-state index in [9.17, 15) is 9.90 Å². The number of aliphatic hydroxyl groups excluding tert-OH is 1. The highest BCUT2D eigenvalue weighted by molar-refractivity contribution is 6.42. The van der Waals surface area contributed by atoms with E-state index in [0.29, 0.717) is 33.8 Å². The number of rotatable bonds is 4. The van der Waals surface area contributed by atoms with Gasteiger partial charge in [-0.25, -0.2) is 4.98 Å². The molecule has 0 saturated carbocycles. The zero-order chi connectivity index (χ0) is 21.5. The Labute approximate surface area is 184 Å². The van der Waals surface area contributed by atoms with Crippen molar-refractivity contribution in [1.29, 1.82) is 0 Å². The molecule has 30 heavy (non-hydrogen) atoms. The molecule has 0 fully saturated rings. The largest absolute Gasteiger partial charge is 0.387 e. The van der Waals surface area contributed by atoms with E-state index in [2.05, 4.69) is 18.8 Å². The second-order valence-electron chi connectivity index (χ2n) is 8.03. The third-order valence-electron chi connectivity index (χ3n) is 5.57. The van der Waals surface area contributed by atoms with Gasteiger partial charge in [0.25, 0.3) is 5.56 Å². The van der Waals surface area contributed by atoms with Gasteiger partial charge < -0.3 is 10.0 Å². The smallest absolute Gasteiger partial charge is 0.255 e. The maximum absolute atomic E-state index is 12.8. The molecular formula is C22H22Cl2N4O2. The van der Waals surface area contributed by atoms with Crippen LogP contribution in [0, 0.1) is 0 Å². The molecule has 2 aromatic heterocycles. The zero-order valence-corrected chi connectivity index (χ0v) is 18.2. The van der Waals surface area contributed by atoms with Crippen molar-refractivity contribution < 1.29 is 5.11 Å². The summed E-state index contributed by atoms with van der Waals surface area (Å²) in [4.78, 5) is 23.7. The minimum atomic E-state index is -0.827. The summed E-state index contributed by atoms with van der Waals surface area (Å²) < 4.78 is 1.66. The summed E-state index contributed by atoms with van der Waals surface area (Å²) in [6.07, 6.45) is 3.27. The van der Waals surface area contributed by atoms with Gasteiger partial charge in [0.2, 0.25) is 5.95 Å². The molecule has 3 aromatic rings. The van der Waals surface area contributed by atoms with Crippen LogP contribution in [-0.2, 0) is 6.54 Å². The second kappa shape index (κ2) is 8.02. The number of aromatic nitrogens is 3. The lowest BCUT2D eigenvalue weighted by molar-refractivity contribution is 0.169. The number of hydrogen-bond acceptors (Lipinski definition) is 5. The van der Waals surface area contributed by atoms with E-state index in [1.54, 1.807) is 41.2 Å². The van der Waals surface area contributed by atoms with E-state index < -0.39 is 6.10 Å². The molecule has 4 rings (SSSR count). The molecule has 1 aliphatic heterocycles. The molecule has 1 atom stereocenters. The fourth-order valence-corrected chi connectivity index (χ4v) is 4.00. The van der Waals surface area contributed by atoms with Gasteiger partial charge in [-0.3, -0.25) is 14.3 Å². The molecule has 0 radical (unpaired) electrons. The van der Waals surface area contributed by atoms with E-state index in [1.807, 2.05) is 17.0 Å². The van der Waals surface area contributed by atoms with Crippen molar-refractivity contribution in [2.45, 2.75) is 38.5 Å². The fourth-order valence-electron chi connectivity index (χ4n) is 3.70. The van der Waals surface area contributed by atoms with Crippen LogP contribution in [0.4, 0.5) is 5.95 Å². The lowest BCUT2D eigenvalue weighted by atomic mass is 9.95. The number of hydrogen-bond donors (Lipinski definition) is 1. The topological polar surface area (TPSA) is 71.2 Å². The van der Waals surface area contributed by atoms with Crippen LogP contribution < -0.4 is 10.5 Å². The highest BCUT2D eigenvalue weighted by Crippen LogP contribution is 2.34. The molecule has 0 bridgehead atoms. The van der Waals surface area contributed by atoms with Crippen LogP contribution in [0.5, 0.6) is 0 Å². The standard InChI is InChI=1S/C22H22Cl2N4O2/c1-22(2)7-10-27-20(30)12-18(14-5-8-25-9-6-14)26-21(27)28(22)13-19(29)15-3-4-16(23)17(24)11-15/h3-6,8-9,11-12,19,29H,7,10,13H2,1-2H3/t19-/m0/s1. The first kappa shape index (κ1) is 20.8. The van der Waals surface area contributed by atoms with E-state index in [0.717, 1.165) is 12.0 Å². The number of aliphatic hydroxyl groups is 1. The molecule has 0 saturated heterocycles. The van der Waals surface area contributed by atoms with Gasteiger partial charge in [-0.2, -0.15) is 0 Å². The van der Waals surface area contributed by atoms with Crippen LogP contribution >= 0.6 is 23.2 Å². The number of anilines is 1. The predicted octanol–water partition coefficient (Wildman–Crippen LogP) is 4.33. The van der Waals surface area contributed by atoms with E-state index >= 15 is 0 Å².